The van der Waals surface area contributed by atoms with Crippen molar-refractivity contribution < 1.29 is 0 Å². The third-order valence-corrected chi connectivity index (χ3v) is 3.35. The van der Waals surface area contributed by atoms with Crippen molar-refractivity contribution in [3.8, 4) is 0 Å². The molecule has 0 saturated heterocycles. The number of benzene rings is 2. The van der Waals surface area contributed by atoms with Crippen molar-refractivity contribution in [2.45, 2.75) is 9.79 Å². The molecule has 1 nitrogen and oxygen atoms in total. The van der Waals surface area contributed by atoms with Crippen LogP contribution in [-0.2, 0) is 0 Å². The van der Waals surface area contributed by atoms with Crippen molar-refractivity contribution in [2.75, 3.05) is 0 Å². The summed E-state index contributed by atoms with van der Waals surface area (Å²) in [5, 5.41) is 2.31. The van der Waals surface area contributed by atoms with Crippen LogP contribution in [0.25, 0.3) is 21.8 Å². The molecule has 1 aromatic heterocycles. The first kappa shape index (κ1) is 9.19. The van der Waals surface area contributed by atoms with Crippen molar-refractivity contribution >= 4 is 47.1 Å². The van der Waals surface area contributed by atoms with Crippen LogP contribution in [0.2, 0.25) is 0 Å². The molecule has 74 valence electrons. The molecule has 3 heteroatoms. The second-order valence-corrected chi connectivity index (χ2v) is 4.49. The van der Waals surface area contributed by atoms with Gasteiger partial charge in [0.15, 0.2) is 0 Å². The fourth-order valence-electron chi connectivity index (χ4n) is 1.96. The zero-order valence-corrected chi connectivity index (χ0v) is 9.65. The summed E-state index contributed by atoms with van der Waals surface area (Å²) in [7, 11) is 0. The summed E-state index contributed by atoms with van der Waals surface area (Å²) in [4.78, 5) is 5.33. The molecule has 0 amide bonds. The Morgan fingerprint density at radius 2 is 1.20 bits per heavy atom. The second-order valence-electron chi connectivity index (χ2n) is 3.52. The molecule has 0 bridgehead atoms. The van der Waals surface area contributed by atoms with Gasteiger partial charge in [-0.1, -0.05) is 12.1 Å². The number of nitrogens with one attached hydrogen (secondary N) is 1. The quantitative estimate of drug-likeness (QED) is 0.487. The number of rotatable bonds is 0. The molecular formula is C12H9NS2. The Balaban J connectivity index is 2.67. The fraction of sp³-hybridized carbons (Fsp3) is 0. The molecule has 0 aliphatic heterocycles. The lowest BCUT2D eigenvalue weighted by molar-refractivity contribution is 1.51. The van der Waals surface area contributed by atoms with Crippen LogP contribution in [0.1, 0.15) is 0 Å². The Labute approximate surface area is 98.3 Å². The minimum absolute atomic E-state index is 0.986. The zero-order valence-electron chi connectivity index (χ0n) is 7.86. The van der Waals surface area contributed by atoms with Crippen LogP contribution in [0.3, 0.4) is 0 Å². The summed E-state index contributed by atoms with van der Waals surface area (Å²) in [6.45, 7) is 0. The maximum absolute atomic E-state index is 4.49. The molecule has 0 aliphatic carbocycles. The van der Waals surface area contributed by atoms with Crippen molar-refractivity contribution in [1.82, 2.24) is 4.98 Å². The van der Waals surface area contributed by atoms with E-state index in [9.17, 15) is 0 Å². The summed E-state index contributed by atoms with van der Waals surface area (Å²) in [6, 6.07) is 12.1. The molecule has 3 aromatic rings. The molecule has 0 saturated carbocycles. The number of H-pyrrole nitrogens is 1. The molecule has 2 aromatic carbocycles. The predicted octanol–water partition coefficient (Wildman–Crippen LogP) is 3.90. The van der Waals surface area contributed by atoms with E-state index in [-0.39, 0.29) is 0 Å². The van der Waals surface area contributed by atoms with E-state index < -0.39 is 0 Å². The molecule has 1 heterocycles. The SMILES string of the molecule is Sc1cccc2[nH]c3cccc(S)c3c12. The number of aromatic amines is 1. The van der Waals surface area contributed by atoms with Gasteiger partial charge in [-0.2, -0.15) is 0 Å². The van der Waals surface area contributed by atoms with Gasteiger partial charge in [-0.3, -0.25) is 0 Å². The van der Waals surface area contributed by atoms with Crippen LogP contribution in [0.15, 0.2) is 46.2 Å². The standard InChI is InChI=1S/C12H9NS2/c14-9-5-1-3-7-11(9)12-8(13-7)4-2-6-10(12)15/h1-6,13-15H. The smallest absolute Gasteiger partial charge is 0.0476 e. The number of fused-ring (bicyclic) bond motifs is 3. The maximum atomic E-state index is 4.49. The van der Waals surface area contributed by atoms with Gasteiger partial charge in [0.1, 0.15) is 0 Å². The topological polar surface area (TPSA) is 15.8 Å². The average molecular weight is 231 g/mol. The van der Waals surface area contributed by atoms with Crippen molar-refractivity contribution in [1.29, 1.82) is 0 Å². The molecule has 3 rings (SSSR count). The first-order chi connectivity index (χ1) is 7.27. The Morgan fingerprint density at radius 3 is 1.67 bits per heavy atom. The van der Waals surface area contributed by atoms with E-state index in [4.69, 9.17) is 0 Å². The number of thiol groups is 2. The molecule has 0 aliphatic rings. The summed E-state index contributed by atoms with van der Waals surface area (Å²) in [5.74, 6) is 0. The summed E-state index contributed by atoms with van der Waals surface area (Å²) in [6.07, 6.45) is 0. The van der Waals surface area contributed by atoms with E-state index in [1.165, 1.54) is 0 Å². The molecular weight excluding hydrogens is 222 g/mol. The Kier molecular flexibility index (Phi) is 1.97. The van der Waals surface area contributed by atoms with Gasteiger partial charge in [-0.15, -0.1) is 25.3 Å². The predicted molar refractivity (Wildman–Crippen MR) is 70.3 cm³/mol. The Hall–Kier alpha value is -1.06. The molecule has 0 radical (unpaired) electrons. The van der Waals surface area contributed by atoms with Gasteiger partial charge in [0.2, 0.25) is 0 Å². The minimum atomic E-state index is 0.986. The van der Waals surface area contributed by atoms with Crippen LogP contribution in [0.4, 0.5) is 0 Å². The molecule has 0 fully saturated rings. The average Bonchev–Trinajstić information content (AvgIpc) is 2.58. The highest BCUT2D eigenvalue weighted by Gasteiger charge is 2.08. The Morgan fingerprint density at radius 1 is 0.733 bits per heavy atom. The monoisotopic (exact) mass is 231 g/mol. The lowest BCUT2D eigenvalue weighted by Gasteiger charge is -1.97. The van der Waals surface area contributed by atoms with E-state index in [0.29, 0.717) is 0 Å². The van der Waals surface area contributed by atoms with Crippen molar-refractivity contribution in [3.63, 3.8) is 0 Å². The van der Waals surface area contributed by atoms with E-state index in [2.05, 4.69) is 42.4 Å². The van der Waals surface area contributed by atoms with E-state index in [1.54, 1.807) is 0 Å². The van der Waals surface area contributed by atoms with Gasteiger partial charge >= 0.3 is 0 Å². The zero-order chi connectivity index (χ0) is 10.4. The summed E-state index contributed by atoms with van der Waals surface area (Å²) >= 11 is 8.97. The normalized spacial score (nSPS) is 11.3. The highest BCUT2D eigenvalue weighted by molar-refractivity contribution is 7.81. The molecule has 0 spiro atoms. The third-order valence-electron chi connectivity index (χ3n) is 2.60. The number of hydrogen-bond acceptors (Lipinski definition) is 2. The van der Waals surface area contributed by atoms with E-state index in [0.717, 1.165) is 31.6 Å². The molecule has 15 heavy (non-hydrogen) atoms. The minimum Gasteiger partial charge on any atom is -0.354 e. The van der Waals surface area contributed by atoms with Crippen LogP contribution >= 0.6 is 25.3 Å². The highest BCUT2D eigenvalue weighted by atomic mass is 32.1. The first-order valence-electron chi connectivity index (χ1n) is 4.69. The van der Waals surface area contributed by atoms with Crippen LogP contribution in [-0.4, -0.2) is 4.98 Å². The number of aromatic nitrogens is 1. The lowest BCUT2D eigenvalue weighted by Crippen LogP contribution is -1.71. The van der Waals surface area contributed by atoms with Crippen molar-refractivity contribution in [2.24, 2.45) is 0 Å². The van der Waals surface area contributed by atoms with Crippen LogP contribution in [0, 0.1) is 0 Å². The van der Waals surface area contributed by atoms with E-state index in [1.807, 2.05) is 24.3 Å². The van der Waals surface area contributed by atoms with E-state index >= 15 is 0 Å². The van der Waals surface area contributed by atoms with Gasteiger partial charge in [0.05, 0.1) is 0 Å². The van der Waals surface area contributed by atoms with Crippen molar-refractivity contribution in [3.05, 3.63) is 36.4 Å². The van der Waals surface area contributed by atoms with Crippen LogP contribution in [0.5, 0.6) is 0 Å². The lowest BCUT2D eigenvalue weighted by atomic mass is 10.1. The maximum Gasteiger partial charge on any atom is 0.0476 e. The van der Waals surface area contributed by atoms with Gasteiger partial charge in [-0.25, -0.2) is 0 Å². The fourth-order valence-corrected chi connectivity index (χ4v) is 2.60. The Bertz CT molecular complexity index is 599. The first-order valence-corrected chi connectivity index (χ1v) is 5.58. The second kappa shape index (κ2) is 3.22. The molecule has 0 atom stereocenters. The van der Waals surface area contributed by atoms with Gasteiger partial charge in [0.25, 0.3) is 0 Å². The highest BCUT2D eigenvalue weighted by Crippen LogP contribution is 2.33. The van der Waals surface area contributed by atoms with Gasteiger partial charge in [-0.05, 0) is 24.3 Å². The summed E-state index contributed by atoms with van der Waals surface area (Å²) < 4.78 is 0. The van der Waals surface area contributed by atoms with Crippen LogP contribution < -0.4 is 0 Å². The largest absolute Gasteiger partial charge is 0.354 e. The summed E-state index contributed by atoms with van der Waals surface area (Å²) in [5.41, 5.74) is 2.22. The molecule has 1 N–H and O–H groups in total. The number of hydrogen-bond donors (Lipinski definition) is 3. The van der Waals surface area contributed by atoms with Gasteiger partial charge < -0.3 is 4.98 Å². The third kappa shape index (κ3) is 1.27. The van der Waals surface area contributed by atoms with Gasteiger partial charge in [0, 0.05) is 31.6 Å². The molecule has 0 unspecified atom stereocenters.